The predicted molar refractivity (Wildman–Crippen MR) is 74.8 cm³/mol. The number of carbonyl (C=O) groups excluding carboxylic acids is 1. The van der Waals surface area contributed by atoms with Crippen molar-refractivity contribution in [1.82, 2.24) is 5.32 Å². The first-order chi connectivity index (χ1) is 8.20. The van der Waals surface area contributed by atoms with Gasteiger partial charge < -0.3 is 5.32 Å². The van der Waals surface area contributed by atoms with Gasteiger partial charge in [-0.1, -0.05) is 50.6 Å². The fourth-order valence-corrected chi connectivity index (χ4v) is 1.15. The van der Waals surface area contributed by atoms with Gasteiger partial charge in [-0.25, -0.2) is 0 Å². The average Bonchev–Trinajstić information content (AvgIpc) is 2.34. The van der Waals surface area contributed by atoms with Gasteiger partial charge in [0.15, 0.2) is 0 Å². The quantitative estimate of drug-likeness (QED) is 0.388. The molecule has 0 bridgehead atoms. The second kappa shape index (κ2) is 11.2. The fourth-order valence-electron chi connectivity index (χ4n) is 1.15. The van der Waals surface area contributed by atoms with Gasteiger partial charge in [0.1, 0.15) is 0 Å². The molecule has 2 nitrogen and oxygen atoms in total. The van der Waals surface area contributed by atoms with Crippen LogP contribution in [0.1, 0.15) is 40.0 Å². The van der Waals surface area contributed by atoms with Gasteiger partial charge in [0, 0.05) is 6.54 Å². The molecule has 1 N–H and O–H groups in total. The number of hydrogen-bond donors (Lipinski definition) is 1. The minimum atomic E-state index is 0.0164. The lowest BCUT2D eigenvalue weighted by molar-refractivity contribution is -0.116. The van der Waals surface area contributed by atoms with Crippen molar-refractivity contribution in [1.29, 1.82) is 0 Å². The summed E-state index contributed by atoms with van der Waals surface area (Å²) in [5.41, 5.74) is 0. The lowest BCUT2D eigenvalue weighted by Crippen LogP contribution is -2.26. The van der Waals surface area contributed by atoms with E-state index in [-0.39, 0.29) is 5.91 Å². The van der Waals surface area contributed by atoms with Crippen LogP contribution in [-0.2, 0) is 4.79 Å². The molecule has 0 fully saturated rings. The number of carbonyl (C=O) groups is 1. The maximum atomic E-state index is 11.4. The molecule has 1 amide bonds. The Morgan fingerprint density at radius 1 is 1.24 bits per heavy atom. The maximum Gasteiger partial charge on any atom is 0.243 e. The number of hydrogen-bond acceptors (Lipinski definition) is 1. The topological polar surface area (TPSA) is 29.1 Å². The van der Waals surface area contributed by atoms with E-state index < -0.39 is 0 Å². The monoisotopic (exact) mass is 235 g/mol. The van der Waals surface area contributed by atoms with Gasteiger partial charge in [-0.3, -0.25) is 4.79 Å². The summed E-state index contributed by atoms with van der Waals surface area (Å²) in [6.07, 6.45) is 14.7. The Morgan fingerprint density at radius 2 is 1.94 bits per heavy atom. The van der Waals surface area contributed by atoms with E-state index in [1.165, 1.54) is 0 Å². The Hall–Kier alpha value is -1.31. The highest BCUT2D eigenvalue weighted by molar-refractivity contribution is 5.87. The second-order valence-corrected chi connectivity index (χ2v) is 4.19. The van der Waals surface area contributed by atoms with Gasteiger partial charge in [0.05, 0.1) is 0 Å². The lowest BCUT2D eigenvalue weighted by atomic mass is 10.1. The van der Waals surface area contributed by atoms with Crippen LogP contribution in [0.4, 0.5) is 0 Å². The van der Waals surface area contributed by atoms with Crippen LogP contribution >= 0.6 is 0 Å². The number of amides is 1. The summed E-state index contributed by atoms with van der Waals surface area (Å²) in [6, 6.07) is 0. The van der Waals surface area contributed by atoms with Crippen molar-refractivity contribution in [2.75, 3.05) is 6.54 Å². The fraction of sp³-hybridized carbons (Fsp3) is 0.533. The SMILES string of the molecule is C/C=C\C=C\CC/C=C/C(=O)NCC(C)CC. The number of rotatable bonds is 8. The van der Waals surface area contributed by atoms with Crippen molar-refractivity contribution in [3.63, 3.8) is 0 Å². The maximum absolute atomic E-state index is 11.4. The molecule has 0 radical (unpaired) electrons. The number of allylic oxidation sites excluding steroid dienone is 5. The molecule has 0 spiro atoms. The van der Waals surface area contributed by atoms with Crippen LogP contribution < -0.4 is 5.32 Å². The highest BCUT2D eigenvalue weighted by atomic mass is 16.1. The third kappa shape index (κ3) is 11.0. The largest absolute Gasteiger partial charge is 0.352 e. The van der Waals surface area contributed by atoms with E-state index in [4.69, 9.17) is 0 Å². The van der Waals surface area contributed by atoms with E-state index in [9.17, 15) is 4.79 Å². The van der Waals surface area contributed by atoms with Crippen LogP contribution in [-0.4, -0.2) is 12.5 Å². The molecule has 0 rings (SSSR count). The van der Waals surface area contributed by atoms with Crippen molar-refractivity contribution in [3.05, 3.63) is 36.5 Å². The molecule has 0 aromatic rings. The third-order valence-corrected chi connectivity index (χ3v) is 2.53. The van der Waals surface area contributed by atoms with E-state index in [2.05, 4.69) is 25.2 Å². The molecule has 17 heavy (non-hydrogen) atoms. The van der Waals surface area contributed by atoms with Gasteiger partial charge in [-0.2, -0.15) is 0 Å². The van der Waals surface area contributed by atoms with Gasteiger partial charge in [0.25, 0.3) is 0 Å². The number of nitrogens with one attached hydrogen (secondary N) is 1. The average molecular weight is 235 g/mol. The minimum Gasteiger partial charge on any atom is -0.352 e. The van der Waals surface area contributed by atoms with Crippen molar-refractivity contribution >= 4 is 5.91 Å². The Morgan fingerprint density at radius 3 is 2.59 bits per heavy atom. The first kappa shape index (κ1) is 15.7. The Labute approximate surface area is 105 Å². The van der Waals surface area contributed by atoms with Gasteiger partial charge in [-0.15, -0.1) is 0 Å². The predicted octanol–water partition coefficient (Wildman–Crippen LogP) is 3.62. The van der Waals surface area contributed by atoms with Gasteiger partial charge in [0.2, 0.25) is 5.91 Å². The zero-order valence-electron chi connectivity index (χ0n) is 11.3. The summed E-state index contributed by atoms with van der Waals surface area (Å²) in [6.45, 7) is 7.02. The normalized spacial score (nSPS) is 13.8. The first-order valence-corrected chi connectivity index (χ1v) is 6.42. The van der Waals surface area contributed by atoms with E-state index in [1.54, 1.807) is 6.08 Å². The molecule has 0 aliphatic rings. The Bertz CT molecular complexity index is 277. The molecule has 0 aromatic heterocycles. The van der Waals surface area contributed by atoms with Crippen molar-refractivity contribution in [2.45, 2.75) is 40.0 Å². The summed E-state index contributed by atoms with van der Waals surface area (Å²) in [5, 5.41) is 2.89. The van der Waals surface area contributed by atoms with Crippen LogP contribution in [0.5, 0.6) is 0 Å². The molecule has 0 saturated carbocycles. The Kier molecular flexibility index (Phi) is 10.3. The first-order valence-electron chi connectivity index (χ1n) is 6.42. The zero-order chi connectivity index (χ0) is 12.9. The highest BCUT2D eigenvalue weighted by Gasteiger charge is 1.99. The van der Waals surface area contributed by atoms with E-state index in [1.807, 2.05) is 31.2 Å². The molecule has 1 unspecified atom stereocenters. The Balaban J connectivity index is 3.60. The molecular weight excluding hydrogens is 210 g/mol. The summed E-state index contributed by atoms with van der Waals surface area (Å²) in [4.78, 5) is 11.4. The van der Waals surface area contributed by atoms with Gasteiger partial charge in [-0.05, 0) is 31.8 Å². The number of unbranched alkanes of at least 4 members (excludes halogenated alkanes) is 1. The lowest BCUT2D eigenvalue weighted by Gasteiger charge is -2.07. The highest BCUT2D eigenvalue weighted by Crippen LogP contribution is 1.97. The molecule has 0 aliphatic heterocycles. The van der Waals surface area contributed by atoms with E-state index in [0.29, 0.717) is 5.92 Å². The standard InChI is InChI=1S/C15H25NO/c1-4-6-7-8-9-10-11-12-15(17)16-13-14(3)5-2/h4,6-8,11-12,14H,5,9-10,13H2,1-3H3,(H,16,17)/b6-4-,8-7+,12-11+. The summed E-state index contributed by atoms with van der Waals surface area (Å²) < 4.78 is 0. The van der Waals surface area contributed by atoms with Crippen LogP contribution in [0.2, 0.25) is 0 Å². The van der Waals surface area contributed by atoms with Crippen LogP contribution in [0.3, 0.4) is 0 Å². The molecule has 0 aromatic carbocycles. The second-order valence-electron chi connectivity index (χ2n) is 4.19. The van der Waals surface area contributed by atoms with Gasteiger partial charge >= 0.3 is 0 Å². The molecule has 0 saturated heterocycles. The van der Waals surface area contributed by atoms with Crippen molar-refractivity contribution < 1.29 is 4.79 Å². The molecule has 2 heteroatoms. The van der Waals surface area contributed by atoms with E-state index in [0.717, 1.165) is 25.8 Å². The third-order valence-electron chi connectivity index (χ3n) is 2.53. The molecular formula is C15H25NO. The molecule has 0 aliphatic carbocycles. The minimum absolute atomic E-state index is 0.0164. The van der Waals surface area contributed by atoms with Crippen LogP contribution in [0.25, 0.3) is 0 Å². The van der Waals surface area contributed by atoms with Crippen molar-refractivity contribution in [3.8, 4) is 0 Å². The zero-order valence-corrected chi connectivity index (χ0v) is 11.3. The summed E-state index contributed by atoms with van der Waals surface area (Å²) in [5.74, 6) is 0.568. The van der Waals surface area contributed by atoms with Crippen molar-refractivity contribution in [2.24, 2.45) is 5.92 Å². The molecule has 1 atom stereocenters. The summed E-state index contributed by atoms with van der Waals surface area (Å²) in [7, 11) is 0. The summed E-state index contributed by atoms with van der Waals surface area (Å²) >= 11 is 0. The molecule has 96 valence electrons. The van der Waals surface area contributed by atoms with Crippen LogP contribution in [0, 0.1) is 5.92 Å². The molecule has 0 heterocycles. The van der Waals surface area contributed by atoms with E-state index >= 15 is 0 Å². The smallest absolute Gasteiger partial charge is 0.243 e. The van der Waals surface area contributed by atoms with Crippen LogP contribution in [0.15, 0.2) is 36.5 Å².